The summed E-state index contributed by atoms with van der Waals surface area (Å²) in [5.74, 6) is -1.93. The Bertz CT molecular complexity index is 743. The van der Waals surface area contributed by atoms with Gasteiger partial charge in [-0.15, -0.1) is 0 Å². The van der Waals surface area contributed by atoms with Gasteiger partial charge < -0.3 is 19.7 Å². The van der Waals surface area contributed by atoms with Gasteiger partial charge in [0.2, 0.25) is 0 Å². The Hall–Kier alpha value is -2.18. The molecule has 2 fully saturated rings. The van der Waals surface area contributed by atoms with Crippen LogP contribution in [0.15, 0.2) is 47.1 Å². The molecule has 0 unspecified atom stereocenters. The van der Waals surface area contributed by atoms with Gasteiger partial charge in [0.05, 0.1) is 18.6 Å². The molecule has 26 heavy (non-hydrogen) atoms. The van der Waals surface area contributed by atoms with E-state index in [1.165, 1.54) is 0 Å². The van der Waals surface area contributed by atoms with Crippen LogP contribution in [0.4, 0.5) is 0 Å². The second-order valence-corrected chi connectivity index (χ2v) is 7.10. The fourth-order valence-electron chi connectivity index (χ4n) is 4.12. The second-order valence-electron chi connectivity index (χ2n) is 7.10. The van der Waals surface area contributed by atoms with Gasteiger partial charge in [-0.05, 0) is 31.4 Å². The number of fused-ring (bicyclic) bond motifs is 3. The lowest BCUT2D eigenvalue weighted by Gasteiger charge is -2.28. The summed E-state index contributed by atoms with van der Waals surface area (Å²) in [4.78, 5) is 24.5. The molecule has 3 aliphatic rings. The third-order valence-corrected chi connectivity index (χ3v) is 5.71. The number of ether oxygens (including phenoxy) is 2. The van der Waals surface area contributed by atoms with Crippen molar-refractivity contribution < 1.29 is 29.3 Å². The molecule has 0 spiro atoms. The lowest BCUT2D eigenvalue weighted by molar-refractivity contribution is -0.148. The van der Waals surface area contributed by atoms with Crippen molar-refractivity contribution >= 4 is 11.9 Å². The number of rotatable bonds is 3. The molecule has 2 N–H and O–H groups in total. The number of aliphatic hydroxyl groups excluding tert-OH is 2. The van der Waals surface area contributed by atoms with Crippen LogP contribution in [0.5, 0.6) is 0 Å². The van der Waals surface area contributed by atoms with Gasteiger partial charge in [-0.25, -0.2) is 9.59 Å². The Morgan fingerprint density at radius 2 is 2.08 bits per heavy atom. The molecular formula is C20H24O6. The molecule has 1 saturated carbocycles. The topological polar surface area (TPSA) is 93.1 Å². The first-order valence-electron chi connectivity index (χ1n) is 8.72. The van der Waals surface area contributed by atoms with Crippen LogP contribution in [-0.2, 0) is 19.1 Å². The maximum atomic E-state index is 12.3. The molecule has 1 saturated heterocycles. The maximum Gasteiger partial charge on any atom is 0.334 e. The van der Waals surface area contributed by atoms with Crippen LogP contribution in [0, 0.1) is 11.8 Å². The normalized spacial score (nSPS) is 34.4. The summed E-state index contributed by atoms with van der Waals surface area (Å²) in [7, 11) is 0. The highest BCUT2D eigenvalue weighted by molar-refractivity contribution is 5.92. The Kier molecular flexibility index (Phi) is 4.90. The number of aliphatic hydroxyl groups is 2. The number of carbonyl (C=O) groups is 2. The molecule has 140 valence electrons. The van der Waals surface area contributed by atoms with E-state index in [1.807, 2.05) is 0 Å². The molecule has 5 atom stereocenters. The molecule has 3 rings (SSSR count). The van der Waals surface area contributed by atoms with Crippen LogP contribution in [0.1, 0.15) is 26.7 Å². The second kappa shape index (κ2) is 6.85. The highest BCUT2D eigenvalue weighted by Crippen LogP contribution is 2.50. The van der Waals surface area contributed by atoms with E-state index in [1.54, 1.807) is 19.9 Å². The summed E-state index contributed by atoms with van der Waals surface area (Å²) in [6.07, 6.45) is 0.200. The molecule has 0 amide bonds. The summed E-state index contributed by atoms with van der Waals surface area (Å²) in [5, 5.41) is 20.1. The molecule has 1 aliphatic heterocycles. The predicted octanol–water partition coefficient (Wildman–Crippen LogP) is 1.59. The third-order valence-electron chi connectivity index (χ3n) is 5.71. The molecule has 6 heteroatoms. The van der Waals surface area contributed by atoms with Crippen LogP contribution in [0.2, 0.25) is 0 Å². The van der Waals surface area contributed by atoms with Gasteiger partial charge in [0.25, 0.3) is 0 Å². The average Bonchev–Trinajstić information content (AvgIpc) is 3.02. The number of carbonyl (C=O) groups excluding carboxylic acids is 2. The van der Waals surface area contributed by atoms with Gasteiger partial charge >= 0.3 is 11.9 Å². The molecule has 0 aromatic heterocycles. The highest BCUT2D eigenvalue weighted by Gasteiger charge is 2.54. The average molecular weight is 360 g/mol. The van der Waals surface area contributed by atoms with Gasteiger partial charge in [0.15, 0.2) is 0 Å². The van der Waals surface area contributed by atoms with Gasteiger partial charge in [0, 0.05) is 23.5 Å². The Balaban J connectivity index is 2.05. The van der Waals surface area contributed by atoms with Crippen molar-refractivity contribution in [2.45, 2.75) is 45.0 Å². The fraction of sp³-hybridized carbons (Fsp3) is 0.500. The van der Waals surface area contributed by atoms with E-state index in [0.717, 1.165) is 5.57 Å². The smallest absolute Gasteiger partial charge is 0.334 e. The van der Waals surface area contributed by atoms with Crippen molar-refractivity contribution in [2.24, 2.45) is 11.8 Å². The quantitative estimate of drug-likeness (QED) is 0.451. The summed E-state index contributed by atoms with van der Waals surface area (Å²) < 4.78 is 11.2. The SMILES string of the molecule is C=C1C(=O)O[C@@H]2[C@H]3C(=C)[C@@H](O)CC3=C(CO)C[C@H](OC(=O)/C(C)=C\C)[C@@H]12. The van der Waals surface area contributed by atoms with Gasteiger partial charge in [-0.1, -0.05) is 24.8 Å². The van der Waals surface area contributed by atoms with Crippen molar-refractivity contribution in [1.82, 2.24) is 0 Å². The van der Waals surface area contributed by atoms with Crippen molar-refractivity contribution in [3.8, 4) is 0 Å². The van der Waals surface area contributed by atoms with E-state index >= 15 is 0 Å². The van der Waals surface area contributed by atoms with Crippen molar-refractivity contribution in [3.63, 3.8) is 0 Å². The minimum Gasteiger partial charge on any atom is -0.458 e. The number of hydrogen-bond acceptors (Lipinski definition) is 6. The predicted molar refractivity (Wildman–Crippen MR) is 93.8 cm³/mol. The minimum atomic E-state index is -0.742. The zero-order valence-electron chi connectivity index (χ0n) is 15.0. The number of allylic oxidation sites excluding steroid dienone is 1. The van der Waals surface area contributed by atoms with Crippen LogP contribution in [0.25, 0.3) is 0 Å². The van der Waals surface area contributed by atoms with Gasteiger partial charge in [0.1, 0.15) is 12.2 Å². The molecule has 0 aromatic rings. The van der Waals surface area contributed by atoms with Crippen molar-refractivity contribution in [3.05, 3.63) is 47.1 Å². The van der Waals surface area contributed by atoms with Crippen LogP contribution in [-0.4, -0.2) is 47.1 Å². The zero-order chi connectivity index (χ0) is 19.2. The molecule has 2 aliphatic carbocycles. The Morgan fingerprint density at radius 3 is 2.69 bits per heavy atom. The van der Waals surface area contributed by atoms with E-state index in [2.05, 4.69) is 13.2 Å². The first-order valence-corrected chi connectivity index (χ1v) is 8.72. The van der Waals surface area contributed by atoms with Crippen LogP contribution < -0.4 is 0 Å². The maximum absolute atomic E-state index is 12.3. The summed E-state index contributed by atoms with van der Waals surface area (Å²) in [6, 6.07) is 0. The molecule has 0 bridgehead atoms. The van der Waals surface area contributed by atoms with Gasteiger partial charge in [-0.3, -0.25) is 0 Å². The summed E-state index contributed by atoms with van der Waals surface area (Å²) in [6.45, 7) is 11.0. The lowest BCUT2D eigenvalue weighted by Crippen LogP contribution is -2.36. The summed E-state index contributed by atoms with van der Waals surface area (Å²) in [5.41, 5.74) is 2.78. The molecule has 0 aromatic carbocycles. The van der Waals surface area contributed by atoms with E-state index in [4.69, 9.17) is 9.47 Å². The van der Waals surface area contributed by atoms with Crippen molar-refractivity contribution in [1.29, 1.82) is 0 Å². The zero-order valence-corrected chi connectivity index (χ0v) is 15.0. The molecule has 6 nitrogen and oxygen atoms in total. The van der Waals surface area contributed by atoms with Crippen LogP contribution >= 0.6 is 0 Å². The summed E-state index contributed by atoms with van der Waals surface area (Å²) >= 11 is 0. The number of esters is 2. The standard InChI is InChI=1S/C20H24O6/c1-5-9(2)19(23)25-15-6-12(8-21)13-7-14(22)10(3)16(13)18-17(15)11(4)20(24)26-18/h5,14-18,21-22H,3-4,6-8H2,1-2H3/b9-5-/t14-,15-,16-,17+,18+/m0/s1. The lowest BCUT2D eigenvalue weighted by atomic mass is 9.82. The van der Waals surface area contributed by atoms with E-state index in [-0.39, 0.29) is 18.6 Å². The fourth-order valence-corrected chi connectivity index (χ4v) is 4.12. The monoisotopic (exact) mass is 360 g/mol. The van der Waals surface area contributed by atoms with Crippen molar-refractivity contribution in [2.75, 3.05) is 6.61 Å². The Morgan fingerprint density at radius 1 is 1.38 bits per heavy atom. The molecular weight excluding hydrogens is 336 g/mol. The molecule has 1 heterocycles. The first kappa shape index (κ1) is 18.6. The molecule has 0 radical (unpaired) electrons. The first-order chi connectivity index (χ1) is 12.3. The van der Waals surface area contributed by atoms with Crippen LogP contribution in [0.3, 0.4) is 0 Å². The third kappa shape index (κ3) is 2.83. The number of hydrogen-bond donors (Lipinski definition) is 2. The highest BCUT2D eigenvalue weighted by atomic mass is 16.6. The van der Waals surface area contributed by atoms with E-state index in [9.17, 15) is 19.8 Å². The van der Waals surface area contributed by atoms with E-state index in [0.29, 0.717) is 23.1 Å². The van der Waals surface area contributed by atoms with E-state index < -0.39 is 42.1 Å². The largest absolute Gasteiger partial charge is 0.458 e. The van der Waals surface area contributed by atoms with Gasteiger partial charge in [-0.2, -0.15) is 0 Å². The minimum absolute atomic E-state index is 0.220. The Labute approximate surface area is 152 Å².